The Morgan fingerprint density at radius 3 is 2.94 bits per heavy atom. The summed E-state index contributed by atoms with van der Waals surface area (Å²) in [4.78, 5) is 11.1. The Morgan fingerprint density at radius 1 is 1.59 bits per heavy atom. The van der Waals surface area contributed by atoms with Crippen molar-refractivity contribution in [2.75, 3.05) is 0 Å². The van der Waals surface area contributed by atoms with E-state index in [-0.39, 0.29) is 11.5 Å². The minimum Gasteiger partial charge on any atom is -0.273 e. The second-order valence-electron chi connectivity index (χ2n) is 3.39. The third-order valence-corrected chi connectivity index (χ3v) is 3.78. The Labute approximate surface area is 109 Å². The summed E-state index contributed by atoms with van der Waals surface area (Å²) >= 11 is 4.50. The van der Waals surface area contributed by atoms with Gasteiger partial charge in [0.15, 0.2) is 5.16 Å². The number of halogens is 2. The van der Waals surface area contributed by atoms with Crippen molar-refractivity contribution in [3.05, 3.63) is 44.5 Å². The van der Waals surface area contributed by atoms with Crippen LogP contribution in [0.1, 0.15) is 5.56 Å². The van der Waals surface area contributed by atoms with Crippen LogP contribution in [0.3, 0.4) is 0 Å². The molecule has 1 heterocycles. The number of hydrogen-bond donors (Lipinski definition) is 1. The SMILES string of the molecule is Cn1c(SCc2ccc(Br)cc2F)n[nH]c1=O. The Kier molecular flexibility index (Phi) is 3.68. The number of hydrogen-bond acceptors (Lipinski definition) is 3. The molecule has 0 unspecified atom stereocenters. The summed E-state index contributed by atoms with van der Waals surface area (Å²) in [6, 6.07) is 4.90. The van der Waals surface area contributed by atoms with Gasteiger partial charge in [-0.1, -0.05) is 33.8 Å². The van der Waals surface area contributed by atoms with Gasteiger partial charge in [-0.3, -0.25) is 4.57 Å². The number of nitrogens with one attached hydrogen (secondary N) is 1. The van der Waals surface area contributed by atoms with Gasteiger partial charge in [0.2, 0.25) is 0 Å². The number of aromatic nitrogens is 3. The first-order chi connectivity index (χ1) is 8.08. The van der Waals surface area contributed by atoms with Gasteiger partial charge in [-0.15, -0.1) is 5.10 Å². The first-order valence-electron chi connectivity index (χ1n) is 4.76. The summed E-state index contributed by atoms with van der Waals surface area (Å²) in [6.07, 6.45) is 0. The third-order valence-electron chi connectivity index (χ3n) is 2.21. The fourth-order valence-electron chi connectivity index (χ4n) is 1.24. The normalized spacial score (nSPS) is 10.8. The number of H-pyrrole nitrogens is 1. The van der Waals surface area contributed by atoms with Gasteiger partial charge in [-0.2, -0.15) is 0 Å². The van der Waals surface area contributed by atoms with Crippen molar-refractivity contribution in [1.82, 2.24) is 14.8 Å². The summed E-state index contributed by atoms with van der Waals surface area (Å²) in [5.74, 6) is 0.157. The summed E-state index contributed by atoms with van der Waals surface area (Å²) < 4.78 is 15.6. The van der Waals surface area contributed by atoms with E-state index < -0.39 is 0 Å². The molecule has 0 aliphatic heterocycles. The molecule has 0 aliphatic rings. The maximum atomic E-state index is 13.5. The van der Waals surface area contributed by atoms with Crippen LogP contribution in [0.4, 0.5) is 4.39 Å². The molecular weight excluding hydrogens is 309 g/mol. The average molecular weight is 318 g/mol. The zero-order valence-electron chi connectivity index (χ0n) is 8.91. The zero-order valence-corrected chi connectivity index (χ0v) is 11.3. The van der Waals surface area contributed by atoms with Crippen LogP contribution in [0.5, 0.6) is 0 Å². The molecule has 0 saturated heterocycles. The number of rotatable bonds is 3. The van der Waals surface area contributed by atoms with E-state index in [0.717, 1.165) is 0 Å². The van der Waals surface area contributed by atoms with Crippen molar-refractivity contribution in [3.8, 4) is 0 Å². The van der Waals surface area contributed by atoms with Gasteiger partial charge < -0.3 is 0 Å². The minimum absolute atomic E-state index is 0.271. The van der Waals surface area contributed by atoms with E-state index in [9.17, 15) is 9.18 Å². The quantitative estimate of drug-likeness (QED) is 0.884. The predicted octanol–water partition coefficient (Wildman–Crippen LogP) is 2.30. The molecule has 2 rings (SSSR count). The maximum absolute atomic E-state index is 13.5. The molecule has 1 N–H and O–H groups in total. The van der Waals surface area contributed by atoms with Gasteiger partial charge in [0, 0.05) is 17.3 Å². The zero-order chi connectivity index (χ0) is 12.4. The fraction of sp³-hybridized carbons (Fsp3) is 0.200. The minimum atomic E-state index is -0.274. The summed E-state index contributed by atoms with van der Waals surface area (Å²) in [5.41, 5.74) is 0.303. The second-order valence-corrected chi connectivity index (χ2v) is 5.25. The molecular formula is C10H9BrFN3OS. The average Bonchev–Trinajstić information content (AvgIpc) is 2.59. The summed E-state index contributed by atoms with van der Waals surface area (Å²) in [6.45, 7) is 0. The molecule has 4 nitrogen and oxygen atoms in total. The molecule has 0 spiro atoms. The summed E-state index contributed by atoms with van der Waals surface area (Å²) in [7, 11) is 1.62. The topological polar surface area (TPSA) is 50.7 Å². The lowest BCUT2D eigenvalue weighted by Crippen LogP contribution is -2.12. The van der Waals surface area contributed by atoms with Gasteiger partial charge in [0.05, 0.1) is 0 Å². The predicted molar refractivity (Wildman–Crippen MR) is 67.5 cm³/mol. The van der Waals surface area contributed by atoms with Crippen LogP contribution in [-0.4, -0.2) is 14.8 Å². The van der Waals surface area contributed by atoms with Gasteiger partial charge in [-0.25, -0.2) is 14.3 Å². The fourth-order valence-corrected chi connectivity index (χ4v) is 2.48. The number of nitrogens with zero attached hydrogens (tertiary/aromatic N) is 2. The number of thioether (sulfide) groups is 1. The smallest absolute Gasteiger partial charge is 0.273 e. The van der Waals surface area contributed by atoms with Crippen molar-refractivity contribution >= 4 is 27.7 Å². The molecule has 0 bridgehead atoms. The maximum Gasteiger partial charge on any atom is 0.343 e. The molecule has 0 amide bonds. The van der Waals surface area contributed by atoms with Crippen molar-refractivity contribution < 1.29 is 4.39 Å². The van der Waals surface area contributed by atoms with Crippen molar-refractivity contribution in [1.29, 1.82) is 0 Å². The molecule has 7 heteroatoms. The molecule has 0 saturated carbocycles. The lowest BCUT2D eigenvalue weighted by Gasteiger charge is -2.02. The Morgan fingerprint density at radius 2 is 2.35 bits per heavy atom. The van der Waals surface area contributed by atoms with Crippen LogP contribution < -0.4 is 5.69 Å². The van der Waals surface area contributed by atoms with E-state index in [4.69, 9.17) is 0 Å². The highest BCUT2D eigenvalue weighted by atomic mass is 79.9. The second kappa shape index (κ2) is 5.05. The molecule has 17 heavy (non-hydrogen) atoms. The van der Waals surface area contributed by atoms with Crippen molar-refractivity contribution in [3.63, 3.8) is 0 Å². The van der Waals surface area contributed by atoms with E-state index in [1.807, 2.05) is 0 Å². The molecule has 1 aromatic heterocycles. The summed E-state index contributed by atoms with van der Waals surface area (Å²) in [5, 5.41) is 6.71. The van der Waals surface area contributed by atoms with E-state index in [1.54, 1.807) is 19.2 Å². The Balaban J connectivity index is 2.12. The molecule has 1 aromatic carbocycles. The van der Waals surface area contributed by atoms with Crippen LogP contribution in [-0.2, 0) is 12.8 Å². The van der Waals surface area contributed by atoms with E-state index in [2.05, 4.69) is 26.1 Å². The highest BCUT2D eigenvalue weighted by Gasteiger charge is 2.08. The van der Waals surface area contributed by atoms with E-state index >= 15 is 0 Å². The third kappa shape index (κ3) is 2.78. The molecule has 0 fully saturated rings. The van der Waals surface area contributed by atoms with Crippen LogP contribution >= 0.6 is 27.7 Å². The Hall–Kier alpha value is -1.08. The van der Waals surface area contributed by atoms with Crippen LogP contribution in [0, 0.1) is 5.82 Å². The number of benzene rings is 1. The Bertz CT molecular complexity index is 595. The largest absolute Gasteiger partial charge is 0.343 e. The first-order valence-corrected chi connectivity index (χ1v) is 6.54. The molecule has 0 atom stereocenters. The lowest BCUT2D eigenvalue weighted by molar-refractivity contribution is 0.616. The monoisotopic (exact) mass is 317 g/mol. The highest BCUT2D eigenvalue weighted by Crippen LogP contribution is 2.23. The van der Waals surface area contributed by atoms with Crippen LogP contribution in [0.25, 0.3) is 0 Å². The number of aromatic amines is 1. The molecule has 2 aromatic rings. The van der Waals surface area contributed by atoms with E-state index in [0.29, 0.717) is 20.9 Å². The van der Waals surface area contributed by atoms with Gasteiger partial charge >= 0.3 is 5.69 Å². The molecule has 0 radical (unpaired) electrons. The highest BCUT2D eigenvalue weighted by molar-refractivity contribution is 9.10. The van der Waals surface area contributed by atoms with Crippen molar-refractivity contribution in [2.24, 2.45) is 7.05 Å². The van der Waals surface area contributed by atoms with Crippen LogP contribution in [0.2, 0.25) is 0 Å². The van der Waals surface area contributed by atoms with Crippen LogP contribution in [0.15, 0.2) is 32.6 Å². The van der Waals surface area contributed by atoms with Gasteiger partial charge in [-0.05, 0) is 17.7 Å². The van der Waals surface area contributed by atoms with E-state index in [1.165, 1.54) is 22.4 Å². The van der Waals surface area contributed by atoms with Gasteiger partial charge in [0.1, 0.15) is 5.82 Å². The first kappa shape index (κ1) is 12.4. The molecule has 90 valence electrons. The molecule has 0 aliphatic carbocycles. The standard InChI is InChI=1S/C10H9BrFN3OS/c1-15-9(16)13-14-10(15)17-5-6-2-3-7(11)4-8(6)12/h2-4H,5H2,1H3,(H,13,16). The van der Waals surface area contributed by atoms with Crippen molar-refractivity contribution in [2.45, 2.75) is 10.9 Å². The lowest BCUT2D eigenvalue weighted by atomic mass is 10.2. The van der Waals surface area contributed by atoms with Gasteiger partial charge in [0.25, 0.3) is 0 Å².